The molecule has 1 aromatic carbocycles. The highest BCUT2D eigenvalue weighted by atomic mass is 32.2. The maximum absolute atomic E-state index is 12.3. The smallest absolute Gasteiger partial charge is 0.335 e. The van der Waals surface area contributed by atoms with Gasteiger partial charge in [-0.3, -0.25) is 0 Å². The summed E-state index contributed by atoms with van der Waals surface area (Å²) in [5.41, 5.74) is 1.24. The summed E-state index contributed by atoms with van der Waals surface area (Å²) in [6.07, 6.45) is 0.580. The first kappa shape index (κ1) is 17.0. The van der Waals surface area contributed by atoms with Crippen LogP contribution in [-0.2, 0) is 9.84 Å². The van der Waals surface area contributed by atoms with Gasteiger partial charge in [0, 0.05) is 0 Å². The van der Waals surface area contributed by atoms with Crippen LogP contribution in [0.5, 0.6) is 0 Å². The Kier molecular flexibility index (Phi) is 6.07. The van der Waals surface area contributed by atoms with Gasteiger partial charge in [-0.05, 0) is 49.0 Å². The standard InChI is InChI=1S/C14H20O4S2/c1-4-19-6-5-7-20(17,18)13-9-12(14(15)16)10(2)8-11(13)3/h8-9H,4-7H2,1-3H3,(H,15,16). The van der Waals surface area contributed by atoms with E-state index in [1.54, 1.807) is 31.7 Å². The fourth-order valence-electron chi connectivity index (χ4n) is 2.00. The molecule has 0 aromatic heterocycles. The zero-order valence-corrected chi connectivity index (χ0v) is 13.6. The van der Waals surface area contributed by atoms with Crippen molar-refractivity contribution in [3.05, 3.63) is 28.8 Å². The van der Waals surface area contributed by atoms with Crippen molar-refractivity contribution < 1.29 is 18.3 Å². The highest BCUT2D eigenvalue weighted by molar-refractivity contribution is 7.99. The van der Waals surface area contributed by atoms with Crippen molar-refractivity contribution >= 4 is 27.6 Å². The van der Waals surface area contributed by atoms with Gasteiger partial charge in [-0.1, -0.05) is 13.0 Å². The average Bonchev–Trinajstić information content (AvgIpc) is 2.33. The van der Waals surface area contributed by atoms with Crippen LogP contribution in [0.3, 0.4) is 0 Å². The Bertz CT molecular complexity index is 591. The first-order valence-corrected chi connectivity index (χ1v) is 9.25. The summed E-state index contributed by atoms with van der Waals surface area (Å²) in [6.45, 7) is 5.40. The quantitative estimate of drug-likeness (QED) is 0.783. The average molecular weight is 316 g/mol. The van der Waals surface area contributed by atoms with Crippen molar-refractivity contribution in [2.24, 2.45) is 0 Å². The molecule has 0 spiro atoms. The zero-order valence-electron chi connectivity index (χ0n) is 12.0. The third-order valence-corrected chi connectivity index (χ3v) is 5.91. The van der Waals surface area contributed by atoms with Crippen molar-refractivity contribution in [3.63, 3.8) is 0 Å². The van der Waals surface area contributed by atoms with Gasteiger partial charge in [-0.15, -0.1) is 0 Å². The first-order chi connectivity index (χ1) is 9.29. The Hall–Kier alpha value is -1.01. The third kappa shape index (κ3) is 4.24. The summed E-state index contributed by atoms with van der Waals surface area (Å²) < 4.78 is 24.6. The molecule has 112 valence electrons. The van der Waals surface area contributed by atoms with Crippen LogP contribution in [0, 0.1) is 13.8 Å². The molecular formula is C14H20O4S2. The number of carboxylic acid groups (broad SMARTS) is 1. The van der Waals surface area contributed by atoms with Crippen LogP contribution < -0.4 is 0 Å². The second kappa shape index (κ2) is 7.13. The van der Waals surface area contributed by atoms with Crippen molar-refractivity contribution in [3.8, 4) is 0 Å². The summed E-state index contributed by atoms with van der Waals surface area (Å²) in [7, 11) is -3.42. The van der Waals surface area contributed by atoms with Gasteiger partial charge in [0.05, 0.1) is 16.2 Å². The summed E-state index contributed by atoms with van der Waals surface area (Å²) in [5.74, 6) is 0.725. The van der Waals surface area contributed by atoms with Gasteiger partial charge >= 0.3 is 5.97 Å². The molecule has 1 rings (SSSR count). The van der Waals surface area contributed by atoms with Gasteiger partial charge < -0.3 is 5.11 Å². The van der Waals surface area contributed by atoms with E-state index < -0.39 is 15.8 Å². The minimum Gasteiger partial charge on any atom is -0.478 e. The number of hydrogen-bond acceptors (Lipinski definition) is 4. The largest absolute Gasteiger partial charge is 0.478 e. The number of carbonyl (C=O) groups is 1. The first-order valence-electron chi connectivity index (χ1n) is 6.44. The highest BCUT2D eigenvalue weighted by Gasteiger charge is 2.20. The third-order valence-electron chi connectivity index (χ3n) is 2.99. The molecule has 1 N–H and O–H groups in total. The van der Waals surface area contributed by atoms with Gasteiger partial charge in [0.1, 0.15) is 0 Å². The van der Waals surface area contributed by atoms with Crippen LogP contribution in [0.1, 0.15) is 34.8 Å². The molecule has 0 radical (unpaired) electrons. The molecule has 6 heteroatoms. The minimum atomic E-state index is -3.42. The molecule has 0 heterocycles. The van der Waals surface area contributed by atoms with Crippen LogP contribution in [0.2, 0.25) is 0 Å². The lowest BCUT2D eigenvalue weighted by atomic mass is 10.1. The van der Waals surface area contributed by atoms with Crippen molar-refractivity contribution in [2.75, 3.05) is 17.3 Å². The molecule has 0 fully saturated rings. The van der Waals surface area contributed by atoms with E-state index in [0.717, 1.165) is 11.5 Å². The van der Waals surface area contributed by atoms with Crippen molar-refractivity contribution in [1.29, 1.82) is 0 Å². The minimum absolute atomic E-state index is 0.0529. The van der Waals surface area contributed by atoms with Crippen molar-refractivity contribution in [1.82, 2.24) is 0 Å². The molecule has 0 aliphatic rings. The van der Waals surface area contributed by atoms with E-state index in [4.69, 9.17) is 5.11 Å². The number of benzene rings is 1. The number of hydrogen-bond donors (Lipinski definition) is 1. The van der Waals surface area contributed by atoms with E-state index in [0.29, 0.717) is 17.5 Å². The van der Waals surface area contributed by atoms with Crippen LogP contribution >= 0.6 is 11.8 Å². The lowest BCUT2D eigenvalue weighted by Gasteiger charge is -2.11. The molecule has 0 unspecified atom stereocenters. The predicted molar refractivity (Wildman–Crippen MR) is 82.5 cm³/mol. The molecule has 0 bridgehead atoms. The Morgan fingerprint density at radius 1 is 1.25 bits per heavy atom. The summed E-state index contributed by atoms with van der Waals surface area (Å²) >= 11 is 1.70. The molecule has 0 atom stereocenters. The second-order valence-electron chi connectivity index (χ2n) is 4.61. The fourth-order valence-corrected chi connectivity index (χ4v) is 4.41. The highest BCUT2D eigenvalue weighted by Crippen LogP contribution is 2.22. The van der Waals surface area contributed by atoms with E-state index in [2.05, 4.69) is 0 Å². The van der Waals surface area contributed by atoms with Crippen molar-refractivity contribution in [2.45, 2.75) is 32.1 Å². The summed E-state index contributed by atoms with van der Waals surface area (Å²) in [4.78, 5) is 11.3. The number of aromatic carboxylic acids is 1. The molecule has 1 aromatic rings. The van der Waals surface area contributed by atoms with Gasteiger partial charge in [-0.2, -0.15) is 11.8 Å². The molecule has 0 saturated carbocycles. The maximum Gasteiger partial charge on any atom is 0.335 e. The van der Waals surface area contributed by atoms with Gasteiger partial charge in [0.2, 0.25) is 0 Å². The van der Waals surface area contributed by atoms with Crippen LogP contribution in [0.25, 0.3) is 0 Å². The molecule has 0 saturated heterocycles. The van der Waals surface area contributed by atoms with E-state index >= 15 is 0 Å². The summed E-state index contributed by atoms with van der Waals surface area (Å²) in [5, 5.41) is 9.09. The van der Waals surface area contributed by atoms with Gasteiger partial charge in [0.25, 0.3) is 0 Å². The molecule has 4 nitrogen and oxygen atoms in total. The molecule has 0 aliphatic heterocycles. The Morgan fingerprint density at radius 2 is 1.90 bits per heavy atom. The topological polar surface area (TPSA) is 71.4 Å². The SMILES string of the molecule is CCSCCCS(=O)(=O)c1cc(C(=O)O)c(C)cc1C. The van der Waals surface area contributed by atoms with Gasteiger partial charge in [0.15, 0.2) is 9.84 Å². The Morgan fingerprint density at radius 3 is 2.45 bits per heavy atom. The van der Waals surface area contributed by atoms with Crippen LogP contribution in [-0.4, -0.2) is 36.8 Å². The Balaban J connectivity index is 3.05. The van der Waals surface area contributed by atoms with Crippen LogP contribution in [0.15, 0.2) is 17.0 Å². The normalized spacial score (nSPS) is 11.6. The monoisotopic (exact) mass is 316 g/mol. The van der Waals surface area contributed by atoms with E-state index in [9.17, 15) is 13.2 Å². The van der Waals surface area contributed by atoms with E-state index in [1.165, 1.54) is 6.07 Å². The number of aryl methyl sites for hydroxylation is 2. The number of thioether (sulfide) groups is 1. The van der Waals surface area contributed by atoms with Gasteiger partial charge in [-0.25, -0.2) is 13.2 Å². The zero-order chi connectivity index (χ0) is 15.3. The number of sulfone groups is 1. The predicted octanol–water partition coefficient (Wildman–Crippen LogP) is 2.92. The lowest BCUT2D eigenvalue weighted by Crippen LogP contribution is -2.12. The molecule has 0 amide bonds. The molecule has 0 aliphatic carbocycles. The Labute approximate surface area is 124 Å². The summed E-state index contributed by atoms with van der Waals surface area (Å²) in [6, 6.07) is 2.91. The second-order valence-corrected chi connectivity index (χ2v) is 8.08. The molecular weight excluding hydrogens is 296 g/mol. The van der Waals surface area contributed by atoms with E-state index in [-0.39, 0.29) is 16.2 Å². The lowest BCUT2D eigenvalue weighted by molar-refractivity contribution is 0.0696. The number of carboxylic acids is 1. The fraction of sp³-hybridized carbons (Fsp3) is 0.500. The molecule has 20 heavy (non-hydrogen) atoms. The maximum atomic E-state index is 12.3. The van der Waals surface area contributed by atoms with E-state index in [1.807, 2.05) is 6.92 Å². The number of rotatable bonds is 7. The van der Waals surface area contributed by atoms with Crippen LogP contribution in [0.4, 0.5) is 0 Å².